The van der Waals surface area contributed by atoms with Crippen molar-refractivity contribution in [3.05, 3.63) is 24.3 Å². The number of likely N-dealkylation sites (tertiary alicyclic amines) is 1. The largest absolute Gasteiger partial charge is 0.497 e. The summed E-state index contributed by atoms with van der Waals surface area (Å²) in [6.45, 7) is 1.74. The minimum atomic E-state index is 0.236. The molecule has 0 spiro atoms. The van der Waals surface area contributed by atoms with Crippen LogP contribution in [0.2, 0.25) is 0 Å². The number of methoxy groups -OCH3 is 1. The van der Waals surface area contributed by atoms with Gasteiger partial charge in [0.1, 0.15) is 5.75 Å². The molecule has 110 valence electrons. The number of hydrogen-bond donors (Lipinski definition) is 1. The Morgan fingerprint density at radius 2 is 2.00 bits per heavy atom. The van der Waals surface area contributed by atoms with Crippen LogP contribution in [0.4, 0.5) is 0 Å². The van der Waals surface area contributed by atoms with Crippen LogP contribution in [0.3, 0.4) is 0 Å². The summed E-state index contributed by atoms with van der Waals surface area (Å²) >= 11 is 1.59. The van der Waals surface area contributed by atoms with E-state index in [1.165, 1.54) is 0 Å². The van der Waals surface area contributed by atoms with Crippen molar-refractivity contribution in [2.24, 2.45) is 0 Å². The van der Waals surface area contributed by atoms with Gasteiger partial charge in [0.05, 0.1) is 12.9 Å². The summed E-state index contributed by atoms with van der Waals surface area (Å²) < 4.78 is 5.12. The van der Waals surface area contributed by atoms with Crippen molar-refractivity contribution in [1.29, 1.82) is 0 Å². The van der Waals surface area contributed by atoms with Gasteiger partial charge < -0.3 is 15.0 Å². The van der Waals surface area contributed by atoms with E-state index < -0.39 is 0 Å². The van der Waals surface area contributed by atoms with Crippen LogP contribution in [0.5, 0.6) is 5.75 Å². The van der Waals surface area contributed by atoms with E-state index in [0.29, 0.717) is 11.8 Å². The summed E-state index contributed by atoms with van der Waals surface area (Å²) in [5.41, 5.74) is 0. The Labute approximate surface area is 124 Å². The van der Waals surface area contributed by atoms with Crippen LogP contribution in [-0.4, -0.2) is 49.8 Å². The molecule has 0 atom stereocenters. The van der Waals surface area contributed by atoms with Gasteiger partial charge in [0.2, 0.25) is 5.91 Å². The van der Waals surface area contributed by atoms with E-state index in [1.807, 2.05) is 36.2 Å². The maximum atomic E-state index is 12.1. The van der Waals surface area contributed by atoms with Gasteiger partial charge >= 0.3 is 0 Å². The lowest BCUT2D eigenvalue weighted by atomic mass is 10.1. The minimum Gasteiger partial charge on any atom is -0.497 e. The van der Waals surface area contributed by atoms with E-state index in [0.717, 1.165) is 36.6 Å². The zero-order chi connectivity index (χ0) is 14.4. The van der Waals surface area contributed by atoms with Crippen LogP contribution >= 0.6 is 11.8 Å². The molecule has 1 heterocycles. The average molecular weight is 294 g/mol. The molecule has 1 aliphatic heterocycles. The second-order valence-corrected chi connectivity index (χ2v) is 5.96. The fourth-order valence-electron chi connectivity index (χ4n) is 2.33. The zero-order valence-electron chi connectivity index (χ0n) is 12.1. The Bertz CT molecular complexity index is 428. The van der Waals surface area contributed by atoms with Crippen molar-refractivity contribution in [2.75, 3.05) is 33.0 Å². The molecule has 1 aromatic rings. The van der Waals surface area contributed by atoms with Gasteiger partial charge in [-0.3, -0.25) is 4.79 Å². The van der Waals surface area contributed by atoms with Gasteiger partial charge in [0.15, 0.2) is 0 Å². The summed E-state index contributed by atoms with van der Waals surface area (Å²) in [5.74, 6) is 1.59. The van der Waals surface area contributed by atoms with Crippen LogP contribution in [0.25, 0.3) is 0 Å². The van der Waals surface area contributed by atoms with Gasteiger partial charge in [0, 0.05) is 24.0 Å². The molecule has 0 bridgehead atoms. The molecule has 1 saturated heterocycles. The second-order valence-electron chi connectivity index (χ2n) is 4.91. The predicted molar refractivity (Wildman–Crippen MR) is 82.4 cm³/mol. The first-order chi connectivity index (χ1) is 9.72. The van der Waals surface area contributed by atoms with Crippen LogP contribution in [-0.2, 0) is 4.79 Å². The van der Waals surface area contributed by atoms with E-state index >= 15 is 0 Å². The number of thioether (sulfide) groups is 1. The van der Waals surface area contributed by atoms with Gasteiger partial charge in [-0.15, -0.1) is 11.8 Å². The second kappa shape index (κ2) is 7.55. The molecule has 0 aromatic heterocycles. The first-order valence-corrected chi connectivity index (χ1v) is 7.93. The van der Waals surface area contributed by atoms with Gasteiger partial charge in [-0.05, 0) is 44.2 Å². The molecule has 1 fully saturated rings. The van der Waals surface area contributed by atoms with Crippen LogP contribution in [0, 0.1) is 0 Å². The lowest BCUT2D eigenvalue weighted by Gasteiger charge is -2.31. The number of ether oxygens (including phenoxy) is 1. The summed E-state index contributed by atoms with van der Waals surface area (Å²) in [4.78, 5) is 15.2. The lowest BCUT2D eigenvalue weighted by Crippen LogP contribution is -2.44. The quantitative estimate of drug-likeness (QED) is 0.843. The SMILES string of the molecule is CNC1CCN(C(=O)CSc2ccc(OC)cc2)CC1. The topological polar surface area (TPSA) is 41.6 Å². The molecule has 20 heavy (non-hydrogen) atoms. The third-order valence-electron chi connectivity index (χ3n) is 3.68. The van der Waals surface area contributed by atoms with E-state index in [-0.39, 0.29) is 5.91 Å². The van der Waals surface area contributed by atoms with Crippen LogP contribution in [0.15, 0.2) is 29.2 Å². The number of piperidine rings is 1. The van der Waals surface area contributed by atoms with Crippen molar-refractivity contribution < 1.29 is 9.53 Å². The predicted octanol–water partition coefficient (Wildman–Crippen LogP) is 2.00. The molecule has 2 rings (SSSR count). The maximum Gasteiger partial charge on any atom is 0.232 e. The zero-order valence-corrected chi connectivity index (χ0v) is 12.9. The van der Waals surface area contributed by atoms with Gasteiger partial charge in [-0.2, -0.15) is 0 Å². The van der Waals surface area contributed by atoms with Gasteiger partial charge in [-0.25, -0.2) is 0 Å². The molecule has 0 unspecified atom stereocenters. The molecule has 1 aliphatic rings. The van der Waals surface area contributed by atoms with Crippen molar-refractivity contribution in [3.63, 3.8) is 0 Å². The summed E-state index contributed by atoms with van der Waals surface area (Å²) in [7, 11) is 3.64. The summed E-state index contributed by atoms with van der Waals surface area (Å²) in [5, 5.41) is 3.28. The van der Waals surface area contributed by atoms with Crippen LogP contribution in [0.1, 0.15) is 12.8 Å². The Morgan fingerprint density at radius 3 is 2.55 bits per heavy atom. The molecular weight excluding hydrogens is 272 g/mol. The molecular formula is C15H22N2O2S. The van der Waals surface area contributed by atoms with Crippen molar-refractivity contribution in [3.8, 4) is 5.75 Å². The third kappa shape index (κ3) is 4.15. The number of carbonyl (C=O) groups excluding carboxylic acids is 1. The van der Waals surface area contributed by atoms with Crippen molar-refractivity contribution in [2.45, 2.75) is 23.8 Å². The molecule has 0 aliphatic carbocycles. The Hall–Kier alpha value is -1.20. The molecule has 1 N–H and O–H groups in total. The number of nitrogens with zero attached hydrogens (tertiary/aromatic N) is 1. The highest BCUT2D eigenvalue weighted by atomic mass is 32.2. The first-order valence-electron chi connectivity index (χ1n) is 6.95. The van der Waals surface area contributed by atoms with E-state index in [9.17, 15) is 4.79 Å². The van der Waals surface area contributed by atoms with E-state index in [2.05, 4.69) is 5.32 Å². The Kier molecular flexibility index (Phi) is 5.73. The minimum absolute atomic E-state index is 0.236. The number of rotatable bonds is 5. The molecule has 1 amide bonds. The normalized spacial score (nSPS) is 16.2. The lowest BCUT2D eigenvalue weighted by molar-refractivity contribution is -0.129. The monoisotopic (exact) mass is 294 g/mol. The first kappa shape index (κ1) is 15.2. The van der Waals surface area contributed by atoms with Crippen molar-refractivity contribution in [1.82, 2.24) is 10.2 Å². The maximum absolute atomic E-state index is 12.1. The van der Waals surface area contributed by atoms with Crippen molar-refractivity contribution >= 4 is 17.7 Å². The molecule has 4 nitrogen and oxygen atoms in total. The van der Waals surface area contributed by atoms with Gasteiger partial charge in [-0.1, -0.05) is 0 Å². The average Bonchev–Trinajstić information content (AvgIpc) is 2.53. The fourth-order valence-corrected chi connectivity index (χ4v) is 3.13. The van der Waals surface area contributed by atoms with Gasteiger partial charge in [0.25, 0.3) is 0 Å². The highest BCUT2D eigenvalue weighted by molar-refractivity contribution is 8.00. The van der Waals surface area contributed by atoms with E-state index in [1.54, 1.807) is 18.9 Å². The highest BCUT2D eigenvalue weighted by Gasteiger charge is 2.21. The Morgan fingerprint density at radius 1 is 1.35 bits per heavy atom. The smallest absolute Gasteiger partial charge is 0.232 e. The number of hydrogen-bond acceptors (Lipinski definition) is 4. The van der Waals surface area contributed by atoms with E-state index in [4.69, 9.17) is 4.74 Å². The Balaban J connectivity index is 1.77. The molecule has 5 heteroatoms. The number of benzene rings is 1. The number of carbonyl (C=O) groups is 1. The molecule has 0 saturated carbocycles. The summed E-state index contributed by atoms with van der Waals surface area (Å²) in [6.07, 6.45) is 2.10. The third-order valence-corrected chi connectivity index (χ3v) is 4.67. The standard InChI is InChI=1S/C15H22N2O2S/c1-16-12-7-9-17(10-8-12)15(18)11-20-14-5-3-13(19-2)4-6-14/h3-6,12,16H,7-11H2,1-2H3. The number of amides is 1. The van der Waals surface area contributed by atoms with Crippen LogP contribution < -0.4 is 10.1 Å². The molecule has 0 radical (unpaired) electrons. The highest BCUT2D eigenvalue weighted by Crippen LogP contribution is 2.22. The number of nitrogens with one attached hydrogen (secondary N) is 1. The summed E-state index contributed by atoms with van der Waals surface area (Å²) in [6, 6.07) is 8.39. The fraction of sp³-hybridized carbons (Fsp3) is 0.533. The molecule has 1 aromatic carbocycles.